The Morgan fingerprint density at radius 1 is 1.40 bits per heavy atom. The third-order valence-electron chi connectivity index (χ3n) is 5.03. The van der Waals surface area contributed by atoms with Gasteiger partial charge in [-0.15, -0.1) is 0 Å². The van der Waals surface area contributed by atoms with E-state index < -0.39 is 0 Å². The molecule has 4 heterocycles. The number of nitrogens with zero attached hydrogens (tertiary/aromatic N) is 4. The lowest BCUT2D eigenvalue weighted by molar-refractivity contribution is -0.0615. The standard InChI is InChI=1S/C21H25N5O4/c1-21(2)11-14(7-10-30-21)24-19(27)15-12-23-26(17(15)13-28-3)20-22-8-6-16(25-20)18-5-4-9-29-18/h4-6,8-9,12,14H,7,10-11,13H2,1-3H3,(H,24,27). The Morgan fingerprint density at radius 2 is 2.27 bits per heavy atom. The molecule has 3 aromatic heterocycles. The second-order valence-corrected chi connectivity index (χ2v) is 7.84. The third-order valence-corrected chi connectivity index (χ3v) is 5.03. The van der Waals surface area contributed by atoms with Crippen molar-refractivity contribution in [2.45, 2.75) is 44.9 Å². The zero-order valence-corrected chi connectivity index (χ0v) is 17.3. The predicted octanol–water partition coefficient (Wildman–Crippen LogP) is 2.76. The maximum atomic E-state index is 13.0. The second kappa shape index (κ2) is 8.37. The van der Waals surface area contributed by atoms with Crippen LogP contribution in [0.15, 0.2) is 41.3 Å². The van der Waals surface area contributed by atoms with Crippen LogP contribution in [0.2, 0.25) is 0 Å². The van der Waals surface area contributed by atoms with E-state index in [0.29, 0.717) is 35.3 Å². The molecule has 1 aliphatic heterocycles. The number of furan rings is 1. The van der Waals surface area contributed by atoms with E-state index in [0.717, 1.165) is 12.8 Å². The molecule has 1 unspecified atom stereocenters. The summed E-state index contributed by atoms with van der Waals surface area (Å²) in [5.74, 6) is 0.764. The molecule has 0 spiro atoms. The fourth-order valence-electron chi connectivity index (χ4n) is 3.64. The Hall–Kier alpha value is -3.04. The third kappa shape index (κ3) is 4.27. The Morgan fingerprint density at radius 3 is 3.00 bits per heavy atom. The SMILES string of the molecule is COCc1c(C(=O)NC2CCOC(C)(C)C2)cnn1-c1nccc(-c2ccco2)n1. The largest absolute Gasteiger partial charge is 0.463 e. The number of carbonyl (C=O) groups excluding carboxylic acids is 1. The normalized spacial score (nSPS) is 18.3. The van der Waals surface area contributed by atoms with Crippen molar-refractivity contribution in [1.82, 2.24) is 25.1 Å². The smallest absolute Gasteiger partial charge is 0.255 e. The Balaban J connectivity index is 1.61. The number of amides is 1. The van der Waals surface area contributed by atoms with Crippen LogP contribution in [-0.4, -0.2) is 51.0 Å². The minimum absolute atomic E-state index is 0.0403. The van der Waals surface area contributed by atoms with Crippen molar-refractivity contribution in [2.24, 2.45) is 0 Å². The summed E-state index contributed by atoms with van der Waals surface area (Å²) in [6.45, 7) is 4.87. The second-order valence-electron chi connectivity index (χ2n) is 7.84. The molecule has 0 radical (unpaired) electrons. The van der Waals surface area contributed by atoms with Crippen LogP contribution in [0.4, 0.5) is 0 Å². The molecule has 3 aromatic rings. The molecule has 1 saturated heterocycles. The predicted molar refractivity (Wildman–Crippen MR) is 108 cm³/mol. The summed E-state index contributed by atoms with van der Waals surface area (Å²) in [6.07, 6.45) is 6.26. The summed E-state index contributed by atoms with van der Waals surface area (Å²) in [7, 11) is 1.57. The van der Waals surface area contributed by atoms with E-state index in [1.165, 1.54) is 10.9 Å². The van der Waals surface area contributed by atoms with Gasteiger partial charge in [-0.3, -0.25) is 4.79 Å². The van der Waals surface area contributed by atoms with E-state index >= 15 is 0 Å². The van der Waals surface area contributed by atoms with Crippen LogP contribution in [-0.2, 0) is 16.1 Å². The van der Waals surface area contributed by atoms with Gasteiger partial charge < -0.3 is 19.2 Å². The van der Waals surface area contributed by atoms with Gasteiger partial charge in [-0.1, -0.05) is 0 Å². The number of carbonyl (C=O) groups is 1. The van der Waals surface area contributed by atoms with Crippen LogP contribution in [0, 0.1) is 0 Å². The molecule has 0 saturated carbocycles. The van der Waals surface area contributed by atoms with Gasteiger partial charge in [0.2, 0.25) is 0 Å². The molecule has 30 heavy (non-hydrogen) atoms. The summed E-state index contributed by atoms with van der Waals surface area (Å²) < 4.78 is 18.0. The molecule has 1 aliphatic rings. The highest BCUT2D eigenvalue weighted by Gasteiger charge is 2.31. The van der Waals surface area contributed by atoms with Gasteiger partial charge in [0.1, 0.15) is 5.69 Å². The first kappa shape index (κ1) is 20.2. The van der Waals surface area contributed by atoms with E-state index in [4.69, 9.17) is 13.9 Å². The van der Waals surface area contributed by atoms with Gasteiger partial charge in [-0.05, 0) is 44.9 Å². The summed E-state index contributed by atoms with van der Waals surface area (Å²) in [5.41, 5.74) is 1.39. The molecule has 4 rings (SSSR count). The van der Waals surface area contributed by atoms with Gasteiger partial charge in [-0.2, -0.15) is 9.78 Å². The number of nitrogens with one attached hydrogen (secondary N) is 1. The highest BCUT2D eigenvalue weighted by molar-refractivity contribution is 5.95. The molecule has 9 nitrogen and oxygen atoms in total. The molecular formula is C21H25N5O4. The van der Waals surface area contributed by atoms with Gasteiger partial charge in [0.15, 0.2) is 5.76 Å². The van der Waals surface area contributed by atoms with E-state index in [1.807, 2.05) is 19.9 Å². The Bertz CT molecular complexity index is 1010. The lowest BCUT2D eigenvalue weighted by Crippen LogP contribution is -2.45. The highest BCUT2D eigenvalue weighted by atomic mass is 16.5. The van der Waals surface area contributed by atoms with Crippen molar-refractivity contribution in [3.8, 4) is 17.4 Å². The van der Waals surface area contributed by atoms with Crippen LogP contribution in [0.3, 0.4) is 0 Å². The molecule has 0 aliphatic carbocycles. The number of hydrogen-bond donors (Lipinski definition) is 1. The number of aromatic nitrogens is 4. The molecule has 1 N–H and O–H groups in total. The van der Waals surface area contributed by atoms with Gasteiger partial charge in [0.05, 0.1) is 35.9 Å². The molecule has 1 fully saturated rings. The molecule has 9 heteroatoms. The van der Waals surface area contributed by atoms with E-state index in [9.17, 15) is 4.79 Å². The van der Waals surface area contributed by atoms with Crippen LogP contribution in [0.5, 0.6) is 0 Å². The van der Waals surface area contributed by atoms with E-state index in [1.54, 1.807) is 31.7 Å². The van der Waals surface area contributed by atoms with Gasteiger partial charge in [0.25, 0.3) is 11.9 Å². The number of methoxy groups -OCH3 is 1. The molecule has 0 bridgehead atoms. The van der Waals surface area contributed by atoms with Crippen LogP contribution >= 0.6 is 0 Å². The first-order chi connectivity index (χ1) is 14.5. The van der Waals surface area contributed by atoms with Crippen molar-refractivity contribution >= 4 is 5.91 Å². The van der Waals surface area contributed by atoms with Crippen molar-refractivity contribution in [3.63, 3.8) is 0 Å². The minimum Gasteiger partial charge on any atom is -0.463 e. The van der Waals surface area contributed by atoms with Crippen molar-refractivity contribution in [3.05, 3.63) is 48.1 Å². The maximum absolute atomic E-state index is 13.0. The quantitative estimate of drug-likeness (QED) is 0.665. The number of rotatable bonds is 6. The summed E-state index contributed by atoms with van der Waals surface area (Å²) >= 11 is 0. The van der Waals surface area contributed by atoms with Crippen molar-refractivity contribution in [2.75, 3.05) is 13.7 Å². The number of hydrogen-bond acceptors (Lipinski definition) is 7. The molecule has 1 amide bonds. The van der Waals surface area contributed by atoms with Crippen LogP contribution in [0.1, 0.15) is 42.7 Å². The molecule has 158 valence electrons. The highest BCUT2D eigenvalue weighted by Crippen LogP contribution is 2.25. The van der Waals surface area contributed by atoms with E-state index in [2.05, 4.69) is 20.4 Å². The van der Waals surface area contributed by atoms with Crippen LogP contribution < -0.4 is 5.32 Å². The van der Waals surface area contributed by atoms with Crippen molar-refractivity contribution < 1.29 is 18.7 Å². The fraction of sp³-hybridized carbons (Fsp3) is 0.429. The van der Waals surface area contributed by atoms with Gasteiger partial charge >= 0.3 is 0 Å². The Kier molecular flexibility index (Phi) is 5.65. The van der Waals surface area contributed by atoms with Gasteiger partial charge in [0, 0.05) is 26.0 Å². The average Bonchev–Trinajstić information content (AvgIpc) is 3.38. The van der Waals surface area contributed by atoms with Crippen LogP contribution in [0.25, 0.3) is 17.4 Å². The zero-order valence-electron chi connectivity index (χ0n) is 17.3. The van der Waals surface area contributed by atoms with Crippen molar-refractivity contribution in [1.29, 1.82) is 0 Å². The topological polar surface area (TPSA) is 104 Å². The molecule has 0 aromatic carbocycles. The fourth-order valence-corrected chi connectivity index (χ4v) is 3.64. The monoisotopic (exact) mass is 411 g/mol. The lowest BCUT2D eigenvalue weighted by atomic mass is 9.94. The first-order valence-electron chi connectivity index (χ1n) is 9.85. The minimum atomic E-state index is -0.254. The van der Waals surface area contributed by atoms with E-state index in [-0.39, 0.29) is 24.2 Å². The molecule has 1 atom stereocenters. The zero-order chi connectivity index (χ0) is 21.1. The Labute approximate surface area is 174 Å². The summed E-state index contributed by atoms with van der Waals surface area (Å²) in [6, 6.07) is 5.40. The summed E-state index contributed by atoms with van der Waals surface area (Å²) in [5, 5.41) is 7.47. The summed E-state index contributed by atoms with van der Waals surface area (Å²) in [4.78, 5) is 21.8. The maximum Gasteiger partial charge on any atom is 0.255 e. The number of ether oxygens (including phenoxy) is 2. The lowest BCUT2D eigenvalue weighted by Gasteiger charge is -2.35. The average molecular weight is 411 g/mol. The first-order valence-corrected chi connectivity index (χ1v) is 9.85. The molecular weight excluding hydrogens is 386 g/mol. The van der Waals surface area contributed by atoms with Gasteiger partial charge in [-0.25, -0.2) is 9.97 Å².